The van der Waals surface area contributed by atoms with E-state index in [4.69, 9.17) is 11.6 Å². The van der Waals surface area contributed by atoms with Crippen LogP contribution in [0.25, 0.3) is 10.9 Å². The largest absolute Gasteiger partial charge is 0.326 e. The summed E-state index contributed by atoms with van der Waals surface area (Å²) >= 11 is 5.91. The van der Waals surface area contributed by atoms with Gasteiger partial charge in [0.2, 0.25) is 5.91 Å². The third-order valence-corrected chi connectivity index (χ3v) is 6.34. The molecule has 4 rings (SSSR count). The number of anilines is 1. The molecule has 0 spiro atoms. The summed E-state index contributed by atoms with van der Waals surface area (Å²) in [5.41, 5.74) is 3.18. The van der Waals surface area contributed by atoms with Gasteiger partial charge in [0.1, 0.15) is 0 Å². The molecule has 2 aromatic carbocycles. The van der Waals surface area contributed by atoms with Crippen LogP contribution in [-0.2, 0) is 4.79 Å². The van der Waals surface area contributed by atoms with Crippen LogP contribution >= 0.6 is 11.6 Å². The molecule has 1 amide bonds. The quantitative estimate of drug-likeness (QED) is 0.555. The molecule has 1 saturated carbocycles. The van der Waals surface area contributed by atoms with E-state index in [-0.39, 0.29) is 11.8 Å². The minimum Gasteiger partial charge on any atom is -0.326 e. The van der Waals surface area contributed by atoms with Crippen LogP contribution < -0.4 is 5.32 Å². The van der Waals surface area contributed by atoms with Crippen molar-refractivity contribution in [1.29, 1.82) is 0 Å². The Balaban J connectivity index is 1.36. The summed E-state index contributed by atoms with van der Waals surface area (Å²) in [6.45, 7) is 2.05. The molecule has 0 bridgehead atoms. The summed E-state index contributed by atoms with van der Waals surface area (Å²) < 4.78 is 0. The van der Waals surface area contributed by atoms with Gasteiger partial charge in [-0.2, -0.15) is 0 Å². The van der Waals surface area contributed by atoms with Crippen molar-refractivity contribution >= 4 is 34.1 Å². The third-order valence-electron chi connectivity index (χ3n) is 6.09. The Morgan fingerprint density at radius 1 is 1.07 bits per heavy atom. The van der Waals surface area contributed by atoms with Gasteiger partial charge in [0, 0.05) is 28.2 Å². The fourth-order valence-electron chi connectivity index (χ4n) is 4.27. The SMILES string of the molecule is C[C@H](C(=O)Nc1ccc(Cl)cc1)C1CCC(c2cnc3ccccc3c2)CC1. The minimum absolute atomic E-state index is 0.00589. The number of hydrogen-bond acceptors (Lipinski definition) is 2. The Labute approximate surface area is 171 Å². The fourth-order valence-corrected chi connectivity index (χ4v) is 4.39. The van der Waals surface area contributed by atoms with Crippen molar-refractivity contribution in [2.45, 2.75) is 38.5 Å². The summed E-state index contributed by atoms with van der Waals surface area (Å²) in [6, 6.07) is 17.8. The van der Waals surface area contributed by atoms with Gasteiger partial charge in [0.05, 0.1) is 5.52 Å². The second-order valence-corrected chi connectivity index (χ2v) is 8.29. The highest BCUT2D eigenvalue weighted by molar-refractivity contribution is 6.30. The van der Waals surface area contributed by atoms with Crippen LogP contribution in [-0.4, -0.2) is 10.9 Å². The number of nitrogens with zero attached hydrogens (tertiary/aromatic N) is 1. The summed E-state index contributed by atoms with van der Waals surface area (Å²) in [6.07, 6.45) is 6.41. The van der Waals surface area contributed by atoms with Crippen LogP contribution in [0.1, 0.15) is 44.1 Å². The number of aromatic nitrogens is 1. The molecule has 3 aromatic rings. The maximum absolute atomic E-state index is 12.6. The van der Waals surface area contributed by atoms with E-state index in [1.807, 2.05) is 31.3 Å². The van der Waals surface area contributed by atoms with Crippen molar-refractivity contribution in [3.05, 3.63) is 71.4 Å². The van der Waals surface area contributed by atoms with Crippen LogP contribution in [0.4, 0.5) is 5.69 Å². The van der Waals surface area contributed by atoms with Crippen molar-refractivity contribution in [2.24, 2.45) is 11.8 Å². The zero-order chi connectivity index (χ0) is 19.5. The Morgan fingerprint density at radius 2 is 1.79 bits per heavy atom. The smallest absolute Gasteiger partial charge is 0.227 e. The Kier molecular flexibility index (Phi) is 5.63. The van der Waals surface area contributed by atoms with Gasteiger partial charge in [0.15, 0.2) is 0 Å². The van der Waals surface area contributed by atoms with Crippen LogP contribution in [0, 0.1) is 11.8 Å². The molecule has 144 valence electrons. The molecule has 1 heterocycles. The maximum atomic E-state index is 12.6. The van der Waals surface area contributed by atoms with E-state index in [9.17, 15) is 4.79 Å². The number of amides is 1. The molecule has 28 heavy (non-hydrogen) atoms. The lowest BCUT2D eigenvalue weighted by molar-refractivity contribution is -0.121. The van der Waals surface area contributed by atoms with Crippen LogP contribution in [0.15, 0.2) is 60.8 Å². The van der Waals surface area contributed by atoms with Crippen LogP contribution in [0.2, 0.25) is 5.02 Å². The third kappa shape index (κ3) is 4.20. The molecule has 1 aliphatic rings. The number of nitrogens with one attached hydrogen (secondary N) is 1. The lowest BCUT2D eigenvalue weighted by Crippen LogP contribution is -2.29. The number of carbonyl (C=O) groups is 1. The number of carbonyl (C=O) groups excluding carboxylic acids is 1. The number of pyridine rings is 1. The zero-order valence-corrected chi connectivity index (χ0v) is 16.8. The van der Waals surface area contributed by atoms with Crippen molar-refractivity contribution in [3.8, 4) is 0 Å². The van der Waals surface area contributed by atoms with Gasteiger partial charge in [-0.15, -0.1) is 0 Å². The number of halogens is 1. The second-order valence-electron chi connectivity index (χ2n) is 7.86. The highest BCUT2D eigenvalue weighted by Crippen LogP contribution is 2.39. The van der Waals surface area contributed by atoms with Crippen LogP contribution in [0.3, 0.4) is 0 Å². The first kappa shape index (κ1) is 18.9. The van der Waals surface area contributed by atoms with E-state index in [0.717, 1.165) is 36.9 Å². The number of rotatable bonds is 4. The minimum atomic E-state index is 0.00589. The first-order valence-electron chi connectivity index (χ1n) is 10.0. The number of benzene rings is 2. The highest BCUT2D eigenvalue weighted by Gasteiger charge is 2.29. The second kappa shape index (κ2) is 8.32. The van der Waals surface area contributed by atoms with Gasteiger partial charge < -0.3 is 5.32 Å². The predicted molar refractivity (Wildman–Crippen MR) is 116 cm³/mol. The number of hydrogen-bond donors (Lipinski definition) is 1. The zero-order valence-electron chi connectivity index (χ0n) is 16.1. The fraction of sp³-hybridized carbons (Fsp3) is 0.333. The molecule has 1 N–H and O–H groups in total. The first-order chi connectivity index (χ1) is 13.6. The topological polar surface area (TPSA) is 42.0 Å². The molecular weight excluding hydrogens is 368 g/mol. The summed E-state index contributed by atoms with van der Waals surface area (Å²) in [4.78, 5) is 17.3. The highest BCUT2D eigenvalue weighted by atomic mass is 35.5. The van der Waals surface area contributed by atoms with Gasteiger partial charge >= 0.3 is 0 Å². The van der Waals surface area contributed by atoms with Crippen molar-refractivity contribution in [3.63, 3.8) is 0 Å². The van der Waals surface area contributed by atoms with Gasteiger partial charge in [-0.3, -0.25) is 9.78 Å². The summed E-state index contributed by atoms with van der Waals surface area (Å²) in [7, 11) is 0. The van der Waals surface area contributed by atoms with E-state index in [0.29, 0.717) is 16.9 Å². The van der Waals surface area contributed by atoms with Crippen molar-refractivity contribution in [2.75, 3.05) is 5.32 Å². The van der Waals surface area contributed by atoms with Crippen LogP contribution in [0.5, 0.6) is 0 Å². The standard InChI is InChI=1S/C24H25ClN2O/c1-16(24(28)27-22-12-10-21(25)11-13-22)17-6-8-18(9-7-17)20-14-19-4-2-3-5-23(19)26-15-20/h2-5,10-18H,6-9H2,1H3,(H,27,28)/t16-,17?,18?/m0/s1. The molecule has 0 unspecified atom stereocenters. The average molecular weight is 393 g/mol. The average Bonchev–Trinajstić information content (AvgIpc) is 2.74. The maximum Gasteiger partial charge on any atom is 0.227 e. The molecular formula is C24H25ClN2O. The molecule has 0 radical (unpaired) electrons. The number of para-hydroxylation sites is 1. The van der Waals surface area contributed by atoms with Gasteiger partial charge in [0.25, 0.3) is 0 Å². The predicted octanol–water partition coefficient (Wildman–Crippen LogP) is 6.44. The van der Waals surface area contributed by atoms with Gasteiger partial charge in [-0.1, -0.05) is 36.7 Å². The molecule has 0 aliphatic heterocycles. The Bertz CT molecular complexity index is 962. The Hall–Kier alpha value is -2.39. The molecule has 1 fully saturated rings. The van der Waals surface area contributed by atoms with E-state index >= 15 is 0 Å². The monoisotopic (exact) mass is 392 g/mol. The molecule has 0 saturated heterocycles. The van der Waals surface area contributed by atoms with E-state index in [2.05, 4.69) is 34.6 Å². The summed E-state index contributed by atoms with van der Waals surface area (Å²) in [5.74, 6) is 1.07. The van der Waals surface area contributed by atoms with Gasteiger partial charge in [-0.25, -0.2) is 0 Å². The lowest BCUT2D eigenvalue weighted by Gasteiger charge is -2.32. The van der Waals surface area contributed by atoms with Crippen molar-refractivity contribution in [1.82, 2.24) is 4.98 Å². The number of fused-ring (bicyclic) bond motifs is 1. The van der Waals surface area contributed by atoms with E-state index < -0.39 is 0 Å². The normalized spacial score (nSPS) is 20.6. The van der Waals surface area contributed by atoms with Crippen molar-refractivity contribution < 1.29 is 4.79 Å². The molecule has 4 heteroatoms. The first-order valence-corrected chi connectivity index (χ1v) is 10.4. The van der Waals surface area contributed by atoms with E-state index in [1.165, 1.54) is 10.9 Å². The lowest BCUT2D eigenvalue weighted by atomic mass is 9.74. The molecule has 3 nitrogen and oxygen atoms in total. The summed E-state index contributed by atoms with van der Waals surface area (Å²) in [5, 5.41) is 4.90. The van der Waals surface area contributed by atoms with E-state index in [1.54, 1.807) is 12.1 Å². The molecule has 1 aromatic heterocycles. The van der Waals surface area contributed by atoms with Gasteiger partial charge in [-0.05, 0) is 79.5 Å². The molecule has 1 aliphatic carbocycles. The Morgan fingerprint density at radius 3 is 2.54 bits per heavy atom. The molecule has 1 atom stereocenters.